The number of benzene rings is 4. The van der Waals surface area contributed by atoms with E-state index in [-0.39, 0.29) is 53.1 Å². The van der Waals surface area contributed by atoms with Crippen molar-refractivity contribution in [2.24, 2.45) is 0 Å². The zero-order valence-electron chi connectivity index (χ0n) is 32.1. The van der Waals surface area contributed by atoms with Gasteiger partial charge in [0.2, 0.25) is 0 Å². The molecule has 0 amide bonds. The van der Waals surface area contributed by atoms with Gasteiger partial charge in [-0.3, -0.25) is 0 Å². The minimum Gasteiger partial charge on any atom is -0.489 e. The van der Waals surface area contributed by atoms with Crippen molar-refractivity contribution < 1.29 is 55.3 Å². The van der Waals surface area contributed by atoms with Gasteiger partial charge in [-0.1, -0.05) is 66.7 Å². The number of halogens is 6. The van der Waals surface area contributed by atoms with Crippen LogP contribution in [-0.2, 0) is 13.2 Å². The number of hydrogen-bond acceptors (Lipinski definition) is 10. The van der Waals surface area contributed by atoms with Crippen molar-refractivity contribution in [3.8, 4) is 34.3 Å². The Morgan fingerprint density at radius 2 is 1.17 bits per heavy atom. The summed E-state index contributed by atoms with van der Waals surface area (Å²) in [5.41, 5.74) is 1.69. The Morgan fingerprint density at radius 3 is 1.66 bits per heavy atom. The zero-order valence-corrected chi connectivity index (χ0v) is 32.1. The van der Waals surface area contributed by atoms with E-state index in [2.05, 4.69) is 58.0 Å². The minimum absolute atomic E-state index is 0.0407. The Bertz CT molecular complexity index is 2060. The Morgan fingerprint density at radius 1 is 0.672 bits per heavy atom. The van der Waals surface area contributed by atoms with E-state index in [4.69, 9.17) is 19.5 Å². The lowest BCUT2D eigenvalue weighted by molar-refractivity contribution is -0.275. The number of nitrogens with one attached hydrogen (secondary N) is 2. The standard InChI is InChI=1S/C27H31F3N4O2.C14H12BF3O4/c1-25(2)15-19(16-26(3,4)34-25)31-24-13-12-22(32-33-24)21-11-10-20(14-23(21)36-27(28,29)30)35-17-18-8-6-5-7-9-18;16-14(17,18)22-13-8-11(6-7-12(13)15(19)20)21-9-10-4-2-1-3-5-10/h5-14,19,34H,15-17H2,1-4H3,(H,31,33);1-8,19-20H,9H2. The van der Waals surface area contributed by atoms with E-state index < -0.39 is 36.8 Å². The molecule has 0 saturated carbocycles. The normalized spacial score (nSPS) is 15.0. The molecule has 1 saturated heterocycles. The molecule has 2 heterocycles. The van der Waals surface area contributed by atoms with Gasteiger partial charge in [0.15, 0.2) is 0 Å². The highest BCUT2D eigenvalue weighted by Crippen LogP contribution is 2.37. The molecule has 0 aliphatic carbocycles. The second-order valence-electron chi connectivity index (χ2n) is 14.8. The zero-order chi connectivity index (χ0) is 42.1. The first kappa shape index (κ1) is 43.6. The molecule has 0 atom stereocenters. The Labute approximate surface area is 332 Å². The molecule has 0 spiro atoms. The second-order valence-corrected chi connectivity index (χ2v) is 14.8. The number of ether oxygens (including phenoxy) is 4. The molecule has 4 aromatic carbocycles. The first-order valence-electron chi connectivity index (χ1n) is 18.1. The number of hydrogen-bond donors (Lipinski definition) is 4. The number of piperidine rings is 1. The molecule has 0 unspecified atom stereocenters. The van der Waals surface area contributed by atoms with Crippen molar-refractivity contribution in [1.29, 1.82) is 0 Å². The van der Waals surface area contributed by atoms with Crippen LogP contribution < -0.4 is 35.0 Å². The van der Waals surface area contributed by atoms with Crippen LogP contribution in [0.4, 0.5) is 32.2 Å². The average molecular weight is 813 g/mol. The smallest absolute Gasteiger partial charge is 0.489 e. The van der Waals surface area contributed by atoms with Crippen LogP contribution in [-0.4, -0.2) is 57.2 Å². The molecule has 5 aromatic rings. The maximum atomic E-state index is 13.2. The van der Waals surface area contributed by atoms with Gasteiger partial charge in [0.25, 0.3) is 0 Å². The summed E-state index contributed by atoms with van der Waals surface area (Å²) in [7, 11) is -2.08. The number of anilines is 1. The summed E-state index contributed by atoms with van der Waals surface area (Å²) in [5, 5.41) is 33.6. The fraction of sp³-hybridized carbons (Fsp3) is 0.317. The fourth-order valence-electron chi connectivity index (χ4n) is 6.71. The van der Waals surface area contributed by atoms with Crippen molar-refractivity contribution in [3.05, 3.63) is 120 Å². The quantitative estimate of drug-likeness (QED) is 0.0724. The van der Waals surface area contributed by atoms with E-state index in [0.717, 1.165) is 36.1 Å². The van der Waals surface area contributed by atoms with E-state index >= 15 is 0 Å². The van der Waals surface area contributed by atoms with E-state index in [9.17, 15) is 26.3 Å². The van der Waals surface area contributed by atoms with E-state index in [0.29, 0.717) is 5.82 Å². The predicted octanol–water partition coefficient (Wildman–Crippen LogP) is 8.19. The lowest BCUT2D eigenvalue weighted by Crippen LogP contribution is -2.60. The molecule has 0 radical (unpaired) electrons. The van der Waals surface area contributed by atoms with Gasteiger partial charge in [0, 0.05) is 40.3 Å². The van der Waals surface area contributed by atoms with Gasteiger partial charge in [-0.2, -0.15) is 0 Å². The lowest BCUT2D eigenvalue weighted by atomic mass is 9.79. The van der Waals surface area contributed by atoms with Crippen molar-refractivity contribution in [3.63, 3.8) is 0 Å². The maximum Gasteiger partial charge on any atom is 0.573 e. The second kappa shape index (κ2) is 18.4. The highest BCUT2D eigenvalue weighted by atomic mass is 19.4. The monoisotopic (exact) mass is 812 g/mol. The van der Waals surface area contributed by atoms with Crippen molar-refractivity contribution >= 4 is 18.4 Å². The van der Waals surface area contributed by atoms with Gasteiger partial charge in [-0.15, -0.1) is 36.5 Å². The number of alkyl halides is 6. The lowest BCUT2D eigenvalue weighted by Gasteiger charge is -2.46. The SMILES string of the molecule is CC1(C)CC(Nc2ccc(-c3ccc(OCc4ccccc4)cc3OC(F)(F)F)nn2)CC(C)(C)N1.OB(O)c1ccc(OCc2ccccc2)cc1OC(F)(F)F. The Hall–Kier alpha value is -5.52. The summed E-state index contributed by atoms with van der Waals surface area (Å²) in [6, 6.07) is 29.7. The summed E-state index contributed by atoms with van der Waals surface area (Å²) in [4.78, 5) is 0. The highest BCUT2D eigenvalue weighted by Gasteiger charge is 2.38. The molecule has 0 bridgehead atoms. The van der Waals surface area contributed by atoms with Gasteiger partial charge >= 0.3 is 19.8 Å². The van der Waals surface area contributed by atoms with E-state index in [1.807, 2.05) is 48.5 Å². The summed E-state index contributed by atoms with van der Waals surface area (Å²) < 4.78 is 95.6. The molecular weight excluding hydrogens is 769 g/mol. The number of rotatable bonds is 12. The van der Waals surface area contributed by atoms with Crippen LogP contribution in [0.15, 0.2) is 109 Å². The summed E-state index contributed by atoms with van der Waals surface area (Å²) in [5.74, 6) is -0.173. The molecule has 308 valence electrons. The van der Waals surface area contributed by atoms with Crippen LogP contribution in [0.5, 0.6) is 23.0 Å². The molecule has 6 rings (SSSR count). The number of nitrogens with zero attached hydrogens (tertiary/aromatic N) is 2. The third-order valence-corrected chi connectivity index (χ3v) is 8.65. The molecule has 1 aliphatic heterocycles. The largest absolute Gasteiger partial charge is 0.573 e. The maximum absolute atomic E-state index is 13.2. The summed E-state index contributed by atoms with van der Waals surface area (Å²) in [6.07, 6.45) is -8.01. The van der Waals surface area contributed by atoms with Crippen LogP contribution in [0.1, 0.15) is 51.7 Å². The topological polar surface area (TPSA) is 127 Å². The first-order chi connectivity index (χ1) is 27.2. The predicted molar refractivity (Wildman–Crippen MR) is 207 cm³/mol. The molecule has 17 heteroatoms. The molecular formula is C41H43BF6N4O6. The molecule has 58 heavy (non-hydrogen) atoms. The molecule has 1 aromatic heterocycles. The van der Waals surface area contributed by atoms with Gasteiger partial charge in [0.05, 0.1) is 5.69 Å². The molecule has 1 fully saturated rings. The van der Waals surface area contributed by atoms with Crippen LogP contribution in [0.2, 0.25) is 0 Å². The van der Waals surface area contributed by atoms with Gasteiger partial charge in [-0.25, -0.2) is 0 Å². The highest BCUT2D eigenvalue weighted by molar-refractivity contribution is 6.59. The van der Waals surface area contributed by atoms with Crippen molar-refractivity contribution in [2.45, 2.75) is 83.6 Å². The molecule has 10 nitrogen and oxygen atoms in total. The third kappa shape index (κ3) is 13.8. The van der Waals surface area contributed by atoms with E-state index in [1.54, 1.807) is 30.3 Å². The fourth-order valence-corrected chi connectivity index (χ4v) is 6.71. The first-order valence-corrected chi connectivity index (χ1v) is 18.1. The average Bonchev–Trinajstić information content (AvgIpc) is 3.12. The molecule has 1 aliphatic rings. The van der Waals surface area contributed by atoms with Crippen LogP contribution >= 0.6 is 0 Å². The Kier molecular flexibility index (Phi) is 13.8. The van der Waals surface area contributed by atoms with Crippen molar-refractivity contribution in [2.75, 3.05) is 5.32 Å². The van der Waals surface area contributed by atoms with Crippen LogP contribution in [0, 0.1) is 0 Å². The van der Waals surface area contributed by atoms with Crippen molar-refractivity contribution in [1.82, 2.24) is 15.5 Å². The number of aromatic nitrogens is 2. The van der Waals surface area contributed by atoms with Gasteiger partial charge < -0.3 is 39.6 Å². The minimum atomic E-state index is -4.94. The van der Waals surface area contributed by atoms with Crippen LogP contribution in [0.25, 0.3) is 11.3 Å². The summed E-state index contributed by atoms with van der Waals surface area (Å²) in [6.45, 7) is 9.02. The van der Waals surface area contributed by atoms with Gasteiger partial charge in [0.1, 0.15) is 42.0 Å². The van der Waals surface area contributed by atoms with Crippen LogP contribution in [0.3, 0.4) is 0 Å². The van der Waals surface area contributed by atoms with E-state index in [1.165, 1.54) is 18.2 Å². The Balaban J connectivity index is 0.000000249. The molecule has 4 N–H and O–H groups in total. The third-order valence-electron chi connectivity index (χ3n) is 8.65. The van der Waals surface area contributed by atoms with Gasteiger partial charge in [-0.05, 0) is 82.0 Å². The summed E-state index contributed by atoms with van der Waals surface area (Å²) >= 11 is 0.